The Morgan fingerprint density at radius 1 is 1.32 bits per heavy atom. The van der Waals surface area contributed by atoms with E-state index in [1.54, 1.807) is 26.8 Å². The maximum absolute atomic E-state index is 11.9. The zero-order chi connectivity index (χ0) is 16.8. The highest BCUT2D eigenvalue weighted by Gasteiger charge is 2.32. The molecule has 0 fully saturated rings. The molecule has 1 aromatic rings. The summed E-state index contributed by atoms with van der Waals surface area (Å²) in [5.74, 6) is -0.0881. The number of alkyl halides is 1. The van der Waals surface area contributed by atoms with Gasteiger partial charge >= 0.3 is 5.97 Å². The van der Waals surface area contributed by atoms with Gasteiger partial charge in [0.1, 0.15) is 11.6 Å². The van der Waals surface area contributed by atoms with Crippen LogP contribution in [0.25, 0.3) is 0 Å². The number of carbonyl (C=O) groups excluding carboxylic acids is 2. The SMILES string of the molecule is CCOC(=O)C(C)(C)Oc1ccc(CNC(=O)CCl)cc1C. The molecule has 0 aliphatic heterocycles. The average Bonchev–Trinajstić information content (AvgIpc) is 2.47. The molecule has 6 heteroatoms. The normalized spacial score (nSPS) is 11.0. The van der Waals surface area contributed by atoms with Crippen LogP contribution in [0.5, 0.6) is 5.75 Å². The number of amides is 1. The van der Waals surface area contributed by atoms with Crippen molar-refractivity contribution < 1.29 is 19.1 Å². The van der Waals surface area contributed by atoms with Gasteiger partial charge in [-0.15, -0.1) is 11.6 Å². The maximum Gasteiger partial charge on any atom is 0.349 e. The first-order valence-electron chi connectivity index (χ1n) is 7.08. The van der Waals surface area contributed by atoms with Crippen molar-refractivity contribution in [3.05, 3.63) is 29.3 Å². The first-order valence-corrected chi connectivity index (χ1v) is 7.62. The number of halogens is 1. The second kappa shape index (κ2) is 8.03. The summed E-state index contributed by atoms with van der Waals surface area (Å²) < 4.78 is 10.8. The van der Waals surface area contributed by atoms with Gasteiger partial charge in [0.25, 0.3) is 0 Å². The van der Waals surface area contributed by atoms with Crippen LogP contribution in [-0.2, 0) is 20.9 Å². The van der Waals surface area contributed by atoms with Crippen LogP contribution < -0.4 is 10.1 Å². The molecule has 0 radical (unpaired) electrons. The maximum atomic E-state index is 11.9. The molecule has 1 aromatic carbocycles. The molecule has 1 N–H and O–H groups in total. The van der Waals surface area contributed by atoms with Crippen LogP contribution >= 0.6 is 11.6 Å². The smallest absolute Gasteiger partial charge is 0.349 e. The molecule has 0 aromatic heterocycles. The summed E-state index contributed by atoms with van der Waals surface area (Å²) in [5, 5.41) is 2.69. The number of ether oxygens (including phenoxy) is 2. The number of benzene rings is 1. The molecule has 22 heavy (non-hydrogen) atoms. The fourth-order valence-corrected chi connectivity index (χ4v) is 1.90. The third-order valence-corrected chi connectivity index (χ3v) is 3.23. The van der Waals surface area contributed by atoms with Crippen molar-refractivity contribution in [1.29, 1.82) is 0 Å². The van der Waals surface area contributed by atoms with E-state index in [2.05, 4.69) is 5.32 Å². The van der Waals surface area contributed by atoms with Crippen molar-refractivity contribution >= 4 is 23.5 Å². The molecule has 0 saturated heterocycles. The third kappa shape index (κ3) is 5.22. The van der Waals surface area contributed by atoms with E-state index < -0.39 is 11.6 Å². The Kier molecular flexibility index (Phi) is 6.68. The van der Waals surface area contributed by atoms with Crippen molar-refractivity contribution in [1.82, 2.24) is 5.32 Å². The molecule has 122 valence electrons. The Morgan fingerprint density at radius 2 is 2.00 bits per heavy atom. The number of aryl methyl sites for hydroxylation is 1. The Bertz CT molecular complexity index is 543. The molecule has 0 heterocycles. The van der Waals surface area contributed by atoms with Crippen molar-refractivity contribution in [2.75, 3.05) is 12.5 Å². The van der Waals surface area contributed by atoms with E-state index in [-0.39, 0.29) is 11.8 Å². The van der Waals surface area contributed by atoms with Gasteiger partial charge in [-0.25, -0.2) is 4.79 Å². The van der Waals surface area contributed by atoms with E-state index in [4.69, 9.17) is 21.1 Å². The zero-order valence-electron chi connectivity index (χ0n) is 13.4. The summed E-state index contributed by atoms with van der Waals surface area (Å²) >= 11 is 5.43. The third-order valence-electron chi connectivity index (χ3n) is 2.98. The average molecular weight is 328 g/mol. The lowest BCUT2D eigenvalue weighted by molar-refractivity contribution is -0.158. The number of carbonyl (C=O) groups is 2. The molecule has 0 atom stereocenters. The number of hydrogen-bond donors (Lipinski definition) is 1. The molecule has 1 rings (SSSR count). The van der Waals surface area contributed by atoms with Gasteiger partial charge in [-0.3, -0.25) is 4.79 Å². The topological polar surface area (TPSA) is 64.6 Å². The fraction of sp³-hybridized carbons (Fsp3) is 0.500. The predicted octanol–water partition coefficient (Wildman–Crippen LogP) is 2.57. The second-order valence-corrected chi connectivity index (χ2v) is 5.61. The minimum Gasteiger partial charge on any atom is -0.476 e. The number of esters is 1. The second-order valence-electron chi connectivity index (χ2n) is 5.34. The van der Waals surface area contributed by atoms with Gasteiger partial charge in [0.05, 0.1) is 6.61 Å². The molecular formula is C16H22ClNO4. The van der Waals surface area contributed by atoms with Gasteiger partial charge in [-0.2, -0.15) is 0 Å². The van der Waals surface area contributed by atoms with E-state index in [0.29, 0.717) is 18.9 Å². The van der Waals surface area contributed by atoms with Gasteiger partial charge in [0.15, 0.2) is 5.60 Å². The van der Waals surface area contributed by atoms with Crippen LogP contribution in [0.3, 0.4) is 0 Å². The predicted molar refractivity (Wildman–Crippen MR) is 85.1 cm³/mol. The molecule has 0 unspecified atom stereocenters. The Hall–Kier alpha value is -1.75. The van der Waals surface area contributed by atoms with Gasteiger partial charge in [0, 0.05) is 6.54 Å². The van der Waals surface area contributed by atoms with Crippen LogP contribution in [0.15, 0.2) is 18.2 Å². The minimum absolute atomic E-state index is 0.0616. The lowest BCUT2D eigenvalue weighted by Gasteiger charge is -2.25. The summed E-state index contributed by atoms with van der Waals surface area (Å²) in [6, 6.07) is 5.50. The Morgan fingerprint density at radius 3 is 2.55 bits per heavy atom. The monoisotopic (exact) mass is 327 g/mol. The summed E-state index contributed by atoms with van der Waals surface area (Å²) in [6.07, 6.45) is 0. The van der Waals surface area contributed by atoms with E-state index in [9.17, 15) is 9.59 Å². The number of nitrogens with one attached hydrogen (secondary N) is 1. The van der Waals surface area contributed by atoms with E-state index in [0.717, 1.165) is 11.1 Å². The van der Waals surface area contributed by atoms with Crippen LogP contribution in [0.1, 0.15) is 31.9 Å². The summed E-state index contributed by atoms with van der Waals surface area (Å²) in [4.78, 5) is 23.0. The van der Waals surface area contributed by atoms with Gasteiger partial charge in [0.2, 0.25) is 5.91 Å². The largest absolute Gasteiger partial charge is 0.476 e. The lowest BCUT2D eigenvalue weighted by Crippen LogP contribution is -2.39. The van der Waals surface area contributed by atoms with E-state index in [1.807, 2.05) is 19.1 Å². The Labute approximate surface area is 135 Å². The van der Waals surface area contributed by atoms with Gasteiger partial charge in [-0.05, 0) is 44.9 Å². The quantitative estimate of drug-likeness (QED) is 0.617. The van der Waals surface area contributed by atoms with Crippen LogP contribution in [-0.4, -0.2) is 30.0 Å². The molecule has 0 aliphatic carbocycles. The van der Waals surface area contributed by atoms with Crippen LogP contribution in [0, 0.1) is 6.92 Å². The Balaban J connectivity index is 2.77. The first-order chi connectivity index (χ1) is 10.3. The van der Waals surface area contributed by atoms with Gasteiger partial charge < -0.3 is 14.8 Å². The van der Waals surface area contributed by atoms with Gasteiger partial charge in [-0.1, -0.05) is 12.1 Å². The highest BCUT2D eigenvalue weighted by Crippen LogP contribution is 2.24. The highest BCUT2D eigenvalue weighted by atomic mass is 35.5. The molecule has 0 saturated carbocycles. The van der Waals surface area contributed by atoms with Crippen molar-refractivity contribution in [2.24, 2.45) is 0 Å². The van der Waals surface area contributed by atoms with Crippen molar-refractivity contribution in [2.45, 2.75) is 39.8 Å². The number of rotatable bonds is 7. The molecule has 0 spiro atoms. The van der Waals surface area contributed by atoms with Crippen molar-refractivity contribution in [3.8, 4) is 5.75 Å². The summed E-state index contributed by atoms with van der Waals surface area (Å²) in [5.41, 5.74) is 0.738. The number of hydrogen-bond acceptors (Lipinski definition) is 4. The van der Waals surface area contributed by atoms with Crippen LogP contribution in [0.4, 0.5) is 0 Å². The lowest BCUT2D eigenvalue weighted by atomic mass is 10.1. The van der Waals surface area contributed by atoms with E-state index in [1.165, 1.54) is 0 Å². The fourth-order valence-electron chi connectivity index (χ4n) is 1.81. The molecular weight excluding hydrogens is 306 g/mol. The molecule has 5 nitrogen and oxygen atoms in total. The highest BCUT2D eigenvalue weighted by molar-refractivity contribution is 6.27. The molecule has 0 aliphatic rings. The zero-order valence-corrected chi connectivity index (χ0v) is 14.1. The van der Waals surface area contributed by atoms with Crippen molar-refractivity contribution in [3.63, 3.8) is 0 Å². The van der Waals surface area contributed by atoms with E-state index >= 15 is 0 Å². The molecule has 0 bridgehead atoms. The molecule has 1 amide bonds. The standard InChI is InChI=1S/C16H22ClNO4/c1-5-21-15(20)16(3,4)22-13-7-6-12(8-11(13)2)10-18-14(19)9-17/h6-8H,5,9-10H2,1-4H3,(H,18,19). The summed E-state index contributed by atoms with van der Waals surface area (Å²) in [7, 11) is 0. The van der Waals surface area contributed by atoms with Crippen LogP contribution in [0.2, 0.25) is 0 Å². The first kappa shape index (κ1) is 18.3. The minimum atomic E-state index is -1.06. The summed E-state index contributed by atoms with van der Waals surface area (Å²) in [6.45, 7) is 7.67.